The molecular formula is C16H8Cl2F3N3. The van der Waals surface area contributed by atoms with Crippen molar-refractivity contribution in [2.75, 3.05) is 0 Å². The van der Waals surface area contributed by atoms with Gasteiger partial charge in [0.05, 0.1) is 10.0 Å². The molecule has 122 valence electrons. The number of nitrogens with zero attached hydrogens (tertiary/aromatic N) is 2. The van der Waals surface area contributed by atoms with E-state index in [1.165, 1.54) is 18.5 Å². The summed E-state index contributed by atoms with van der Waals surface area (Å²) in [4.78, 5) is 3.75. The average Bonchev–Trinajstić information content (AvgIpc) is 3.05. The summed E-state index contributed by atoms with van der Waals surface area (Å²) in [5.41, 5.74) is 0.285. The predicted octanol–water partition coefficient (Wildman–Crippen LogP) is 5.28. The van der Waals surface area contributed by atoms with Crippen molar-refractivity contribution in [3.8, 4) is 0 Å². The quantitative estimate of drug-likeness (QED) is 0.682. The maximum absolute atomic E-state index is 15.0. The van der Waals surface area contributed by atoms with Crippen LogP contribution < -0.4 is 0 Å². The molecule has 1 N–H and O–H groups in total. The zero-order valence-electron chi connectivity index (χ0n) is 11.8. The molecule has 3 aromatic rings. The van der Waals surface area contributed by atoms with Gasteiger partial charge in [-0.1, -0.05) is 23.2 Å². The van der Waals surface area contributed by atoms with Crippen LogP contribution in [0.4, 0.5) is 13.2 Å². The van der Waals surface area contributed by atoms with Gasteiger partial charge >= 0.3 is 0 Å². The van der Waals surface area contributed by atoms with Crippen LogP contribution in [0.1, 0.15) is 17.0 Å². The molecule has 2 aromatic carbocycles. The molecule has 0 aliphatic heterocycles. The molecule has 0 saturated heterocycles. The summed E-state index contributed by atoms with van der Waals surface area (Å²) in [5.74, 6) is -2.22. The Hall–Kier alpha value is -2.31. The Bertz CT molecular complexity index is 871. The summed E-state index contributed by atoms with van der Waals surface area (Å²) in [6.45, 7) is 0. The highest BCUT2D eigenvalue weighted by Gasteiger charge is 2.21. The van der Waals surface area contributed by atoms with Gasteiger partial charge in [-0.15, -0.1) is 0 Å². The summed E-state index contributed by atoms with van der Waals surface area (Å²) < 4.78 is 41.6. The molecule has 1 aromatic heterocycles. The van der Waals surface area contributed by atoms with Gasteiger partial charge in [0.25, 0.3) is 0 Å². The first kappa shape index (κ1) is 16.5. The monoisotopic (exact) mass is 369 g/mol. The van der Waals surface area contributed by atoms with Crippen molar-refractivity contribution in [1.29, 1.82) is 0 Å². The second-order valence-corrected chi connectivity index (χ2v) is 5.57. The molecule has 3 rings (SSSR count). The van der Waals surface area contributed by atoms with E-state index < -0.39 is 17.5 Å². The van der Waals surface area contributed by atoms with Crippen LogP contribution in [-0.4, -0.2) is 15.2 Å². The summed E-state index contributed by atoms with van der Waals surface area (Å²) in [7, 11) is 0. The van der Waals surface area contributed by atoms with Crippen LogP contribution in [0.25, 0.3) is 11.4 Å². The number of aromatic amines is 1. The van der Waals surface area contributed by atoms with Crippen LogP contribution in [0.5, 0.6) is 0 Å². The van der Waals surface area contributed by atoms with Crippen molar-refractivity contribution in [2.45, 2.75) is 0 Å². The fourth-order valence-corrected chi connectivity index (χ4v) is 2.72. The van der Waals surface area contributed by atoms with E-state index in [2.05, 4.69) is 15.2 Å². The molecule has 8 heteroatoms. The van der Waals surface area contributed by atoms with Crippen molar-refractivity contribution in [3.63, 3.8) is 0 Å². The van der Waals surface area contributed by atoms with Gasteiger partial charge in [-0.25, -0.2) is 18.2 Å². The average molecular weight is 370 g/mol. The van der Waals surface area contributed by atoms with E-state index in [1.807, 2.05) is 0 Å². The lowest BCUT2D eigenvalue weighted by molar-refractivity contribution is 0.627. The fraction of sp³-hybridized carbons (Fsp3) is 0. The topological polar surface area (TPSA) is 41.6 Å². The van der Waals surface area contributed by atoms with Crippen LogP contribution >= 0.6 is 23.2 Å². The van der Waals surface area contributed by atoms with Crippen LogP contribution in [0.15, 0.2) is 42.7 Å². The largest absolute Gasteiger partial charge is 0.265 e. The molecule has 24 heavy (non-hydrogen) atoms. The predicted molar refractivity (Wildman–Crippen MR) is 86.2 cm³/mol. The van der Waals surface area contributed by atoms with Crippen LogP contribution in [0.2, 0.25) is 10.0 Å². The van der Waals surface area contributed by atoms with Gasteiger partial charge in [-0.3, -0.25) is 5.10 Å². The third-order valence-electron chi connectivity index (χ3n) is 3.23. The van der Waals surface area contributed by atoms with Crippen LogP contribution in [-0.2, 0) is 0 Å². The molecule has 0 aliphatic carbocycles. The van der Waals surface area contributed by atoms with Gasteiger partial charge in [-0.05, 0) is 36.4 Å². The SMILES string of the molecule is FC(=C(c1ccc(F)cc1Cl)c1ccc(F)cc1Cl)c1nc[nH]n1. The van der Waals surface area contributed by atoms with Crippen molar-refractivity contribution in [2.24, 2.45) is 0 Å². The summed E-state index contributed by atoms with van der Waals surface area (Å²) >= 11 is 12.1. The first-order valence-corrected chi connectivity index (χ1v) is 7.39. The minimum atomic E-state index is -0.835. The Morgan fingerprint density at radius 3 is 1.88 bits per heavy atom. The number of hydrogen-bond donors (Lipinski definition) is 1. The molecule has 0 unspecified atom stereocenters. The zero-order chi connectivity index (χ0) is 17.3. The molecule has 3 nitrogen and oxygen atoms in total. The second kappa shape index (κ2) is 6.67. The lowest BCUT2D eigenvalue weighted by Crippen LogP contribution is -1.97. The zero-order valence-corrected chi connectivity index (χ0v) is 13.3. The van der Waals surface area contributed by atoms with Gasteiger partial charge in [0.2, 0.25) is 5.82 Å². The molecule has 0 saturated carbocycles. The Morgan fingerprint density at radius 1 is 0.917 bits per heavy atom. The Morgan fingerprint density at radius 2 is 1.46 bits per heavy atom. The second-order valence-electron chi connectivity index (χ2n) is 4.76. The Labute approximate surface area is 144 Å². The van der Waals surface area contributed by atoms with Crippen molar-refractivity contribution >= 4 is 34.6 Å². The number of aromatic nitrogens is 3. The van der Waals surface area contributed by atoms with Crippen LogP contribution in [0.3, 0.4) is 0 Å². The maximum Gasteiger partial charge on any atom is 0.210 e. The van der Waals surface area contributed by atoms with E-state index in [0.717, 1.165) is 24.3 Å². The van der Waals surface area contributed by atoms with Crippen molar-refractivity contribution in [1.82, 2.24) is 15.2 Å². The molecule has 0 atom stereocenters. The standard InChI is InChI=1S/C16H8Cl2F3N3/c17-12-5-8(19)1-3-10(12)14(15(21)16-22-7-23-24-16)11-4-2-9(20)6-13(11)18/h1-7H,(H,22,23,24). The summed E-state index contributed by atoms with van der Waals surface area (Å²) in [5, 5.41) is 6.01. The minimum Gasteiger partial charge on any atom is -0.265 e. The molecule has 1 heterocycles. The highest BCUT2D eigenvalue weighted by atomic mass is 35.5. The van der Waals surface area contributed by atoms with Gasteiger partial charge in [0, 0.05) is 16.7 Å². The third kappa shape index (κ3) is 3.16. The molecule has 0 fully saturated rings. The molecule has 0 spiro atoms. The van der Waals surface area contributed by atoms with E-state index in [9.17, 15) is 13.2 Å². The first-order chi connectivity index (χ1) is 11.5. The minimum absolute atomic E-state index is 0.0314. The lowest BCUT2D eigenvalue weighted by atomic mass is 9.96. The fourth-order valence-electron chi connectivity index (χ4n) is 2.19. The molecule has 0 amide bonds. The van der Waals surface area contributed by atoms with Crippen LogP contribution in [0, 0.1) is 11.6 Å². The molecule has 0 bridgehead atoms. The van der Waals surface area contributed by atoms with Gasteiger partial charge < -0.3 is 0 Å². The number of halogens is 5. The van der Waals surface area contributed by atoms with Crippen molar-refractivity contribution < 1.29 is 13.2 Å². The van der Waals surface area contributed by atoms with E-state index >= 15 is 0 Å². The Kier molecular flexibility index (Phi) is 4.59. The molecule has 0 radical (unpaired) electrons. The number of benzene rings is 2. The summed E-state index contributed by atoms with van der Waals surface area (Å²) in [6, 6.07) is 6.95. The smallest absolute Gasteiger partial charge is 0.210 e. The Balaban J connectivity index is 2.31. The highest BCUT2D eigenvalue weighted by molar-refractivity contribution is 6.35. The maximum atomic E-state index is 15.0. The number of nitrogens with one attached hydrogen (secondary N) is 1. The number of rotatable bonds is 3. The van der Waals surface area contributed by atoms with E-state index in [4.69, 9.17) is 23.2 Å². The van der Waals surface area contributed by atoms with Gasteiger partial charge in [0.1, 0.15) is 18.0 Å². The normalized spacial score (nSPS) is 10.7. The lowest BCUT2D eigenvalue weighted by Gasteiger charge is -2.13. The number of hydrogen-bond acceptors (Lipinski definition) is 2. The molecule has 0 aliphatic rings. The van der Waals surface area contributed by atoms with Gasteiger partial charge in [0.15, 0.2) is 5.83 Å². The van der Waals surface area contributed by atoms with E-state index in [0.29, 0.717) is 0 Å². The van der Waals surface area contributed by atoms with Crippen molar-refractivity contribution in [3.05, 3.63) is 81.4 Å². The summed E-state index contributed by atoms with van der Waals surface area (Å²) in [6.07, 6.45) is 1.20. The van der Waals surface area contributed by atoms with Gasteiger partial charge in [-0.2, -0.15) is 5.10 Å². The first-order valence-electron chi connectivity index (χ1n) is 6.64. The van der Waals surface area contributed by atoms with E-state index in [1.54, 1.807) is 0 Å². The third-order valence-corrected chi connectivity index (χ3v) is 3.86. The number of H-pyrrole nitrogens is 1. The van der Waals surface area contributed by atoms with E-state index in [-0.39, 0.29) is 32.6 Å². The highest BCUT2D eigenvalue weighted by Crippen LogP contribution is 2.38. The molecular weight excluding hydrogens is 362 g/mol.